The highest BCUT2D eigenvalue weighted by atomic mass is 16.5. The van der Waals surface area contributed by atoms with Crippen LogP contribution in [-0.2, 0) is 17.8 Å². The van der Waals surface area contributed by atoms with Crippen molar-refractivity contribution in [1.82, 2.24) is 15.1 Å². The average molecular weight is 340 g/mol. The molecule has 2 aliphatic heterocycles. The number of para-hydroxylation sites is 1. The maximum atomic E-state index is 10.2. The highest BCUT2D eigenvalue weighted by Gasteiger charge is 2.25. The number of aromatic hydroxyl groups is 1. The molecule has 0 radical (unpaired) electrons. The SMILES string of the molecule is CN1CCCC(Nc2nnc(-c3ccccc3O)c3c2COCC3)C1. The number of likely N-dealkylation sites (tertiary alicyclic amines) is 1. The third-order valence-corrected chi connectivity index (χ3v) is 5.05. The molecule has 0 saturated carbocycles. The minimum absolute atomic E-state index is 0.236. The fourth-order valence-corrected chi connectivity index (χ4v) is 3.76. The summed E-state index contributed by atoms with van der Waals surface area (Å²) in [6, 6.07) is 7.68. The summed E-state index contributed by atoms with van der Waals surface area (Å²) in [5.41, 5.74) is 3.71. The van der Waals surface area contributed by atoms with Crippen LogP contribution < -0.4 is 5.32 Å². The number of likely N-dealkylation sites (N-methyl/N-ethyl adjacent to an activating group) is 1. The molecular formula is C19H24N4O2. The zero-order valence-corrected chi connectivity index (χ0v) is 14.5. The Hall–Kier alpha value is -2.18. The van der Waals surface area contributed by atoms with Crippen molar-refractivity contribution in [1.29, 1.82) is 0 Å². The van der Waals surface area contributed by atoms with Crippen molar-refractivity contribution in [2.75, 3.05) is 32.1 Å². The van der Waals surface area contributed by atoms with Crippen LogP contribution in [0.2, 0.25) is 0 Å². The molecule has 25 heavy (non-hydrogen) atoms. The van der Waals surface area contributed by atoms with Gasteiger partial charge in [-0.3, -0.25) is 0 Å². The number of anilines is 1. The first-order valence-corrected chi connectivity index (χ1v) is 8.92. The van der Waals surface area contributed by atoms with E-state index >= 15 is 0 Å². The Morgan fingerprint density at radius 1 is 1.24 bits per heavy atom. The lowest BCUT2D eigenvalue weighted by Gasteiger charge is -2.31. The Bertz CT molecular complexity index is 765. The molecule has 1 saturated heterocycles. The van der Waals surface area contributed by atoms with Crippen LogP contribution in [0.3, 0.4) is 0 Å². The Morgan fingerprint density at radius 2 is 2.12 bits per heavy atom. The van der Waals surface area contributed by atoms with Gasteiger partial charge in [-0.2, -0.15) is 0 Å². The van der Waals surface area contributed by atoms with Crippen LogP contribution in [0.1, 0.15) is 24.0 Å². The van der Waals surface area contributed by atoms with E-state index < -0.39 is 0 Å². The van der Waals surface area contributed by atoms with Gasteiger partial charge < -0.3 is 20.1 Å². The predicted molar refractivity (Wildman–Crippen MR) is 96.6 cm³/mol. The van der Waals surface area contributed by atoms with Crippen LogP contribution in [0, 0.1) is 0 Å². The summed E-state index contributed by atoms with van der Waals surface area (Å²) < 4.78 is 5.69. The van der Waals surface area contributed by atoms with Gasteiger partial charge in [-0.15, -0.1) is 10.2 Å². The number of benzene rings is 1. The standard InChI is InChI=1S/C19H24N4O2/c1-23-9-4-5-13(11-23)20-19-16-12-25-10-8-14(16)18(21-22-19)15-6-2-3-7-17(15)24/h2-3,6-7,13,24H,4-5,8-12H2,1H3,(H,20,22). The largest absolute Gasteiger partial charge is 0.507 e. The predicted octanol–water partition coefficient (Wildman–Crippen LogP) is 2.43. The zero-order chi connectivity index (χ0) is 17.2. The molecule has 1 fully saturated rings. The normalized spacial score (nSPS) is 20.9. The van der Waals surface area contributed by atoms with E-state index in [1.165, 1.54) is 6.42 Å². The maximum Gasteiger partial charge on any atom is 0.154 e. The molecule has 3 heterocycles. The second-order valence-corrected chi connectivity index (χ2v) is 6.92. The van der Waals surface area contributed by atoms with Gasteiger partial charge >= 0.3 is 0 Å². The van der Waals surface area contributed by atoms with Gasteiger partial charge in [-0.25, -0.2) is 0 Å². The van der Waals surface area contributed by atoms with Gasteiger partial charge in [-0.05, 0) is 50.6 Å². The summed E-state index contributed by atoms with van der Waals surface area (Å²) in [6.07, 6.45) is 3.12. The van der Waals surface area contributed by atoms with Gasteiger partial charge in [0.05, 0.1) is 13.2 Å². The van der Waals surface area contributed by atoms with E-state index in [0.717, 1.165) is 54.1 Å². The first-order chi connectivity index (χ1) is 12.2. The molecule has 0 spiro atoms. The molecule has 6 heteroatoms. The van der Waals surface area contributed by atoms with Gasteiger partial charge in [0.1, 0.15) is 11.4 Å². The van der Waals surface area contributed by atoms with Gasteiger partial charge in [-0.1, -0.05) is 12.1 Å². The van der Waals surface area contributed by atoms with Crippen molar-refractivity contribution < 1.29 is 9.84 Å². The number of rotatable bonds is 3. The number of ether oxygens (including phenoxy) is 1. The molecule has 1 aromatic heterocycles. The van der Waals surface area contributed by atoms with E-state index in [1.807, 2.05) is 18.2 Å². The molecule has 2 aliphatic rings. The quantitative estimate of drug-likeness (QED) is 0.894. The van der Waals surface area contributed by atoms with Crippen LogP contribution in [0.25, 0.3) is 11.3 Å². The summed E-state index contributed by atoms with van der Waals surface area (Å²) in [4.78, 5) is 2.34. The molecule has 132 valence electrons. The summed E-state index contributed by atoms with van der Waals surface area (Å²) in [6.45, 7) is 3.37. The van der Waals surface area contributed by atoms with Crippen molar-refractivity contribution in [3.8, 4) is 17.0 Å². The summed E-state index contributed by atoms with van der Waals surface area (Å²) >= 11 is 0. The number of nitrogens with one attached hydrogen (secondary N) is 1. The topological polar surface area (TPSA) is 70.5 Å². The second-order valence-electron chi connectivity index (χ2n) is 6.92. The van der Waals surface area contributed by atoms with Gasteiger partial charge in [0.15, 0.2) is 5.82 Å². The molecular weight excluding hydrogens is 316 g/mol. The van der Waals surface area contributed by atoms with E-state index in [2.05, 4.69) is 27.5 Å². The molecule has 0 aliphatic carbocycles. The van der Waals surface area contributed by atoms with E-state index in [0.29, 0.717) is 19.3 Å². The Labute approximate surface area is 147 Å². The number of phenols is 1. The molecule has 6 nitrogen and oxygen atoms in total. The summed E-state index contributed by atoms with van der Waals surface area (Å²) in [7, 11) is 2.15. The summed E-state index contributed by atoms with van der Waals surface area (Å²) in [5.74, 6) is 1.06. The zero-order valence-electron chi connectivity index (χ0n) is 14.5. The third kappa shape index (κ3) is 3.32. The number of phenolic OH excluding ortho intramolecular Hbond substituents is 1. The Morgan fingerprint density at radius 3 is 2.96 bits per heavy atom. The molecule has 0 bridgehead atoms. The molecule has 0 amide bonds. The van der Waals surface area contributed by atoms with Crippen LogP contribution in [-0.4, -0.2) is 53.0 Å². The first kappa shape index (κ1) is 16.3. The van der Waals surface area contributed by atoms with Gasteiger partial charge in [0, 0.05) is 23.7 Å². The number of hydrogen-bond acceptors (Lipinski definition) is 6. The van der Waals surface area contributed by atoms with E-state index in [-0.39, 0.29) is 5.75 Å². The molecule has 2 N–H and O–H groups in total. The van der Waals surface area contributed by atoms with Crippen molar-refractivity contribution in [3.05, 3.63) is 35.4 Å². The lowest BCUT2D eigenvalue weighted by molar-refractivity contribution is 0.111. The van der Waals surface area contributed by atoms with Crippen LogP contribution >= 0.6 is 0 Å². The minimum atomic E-state index is 0.236. The smallest absolute Gasteiger partial charge is 0.154 e. The van der Waals surface area contributed by atoms with Crippen LogP contribution in [0.15, 0.2) is 24.3 Å². The van der Waals surface area contributed by atoms with Crippen LogP contribution in [0.4, 0.5) is 5.82 Å². The number of piperidine rings is 1. The fourth-order valence-electron chi connectivity index (χ4n) is 3.76. The maximum absolute atomic E-state index is 10.2. The highest BCUT2D eigenvalue weighted by molar-refractivity contribution is 5.72. The number of nitrogens with zero attached hydrogens (tertiary/aromatic N) is 3. The van der Waals surface area contributed by atoms with Gasteiger partial charge in [0.2, 0.25) is 0 Å². The van der Waals surface area contributed by atoms with E-state index in [9.17, 15) is 5.11 Å². The first-order valence-electron chi connectivity index (χ1n) is 8.92. The van der Waals surface area contributed by atoms with Crippen molar-refractivity contribution in [2.24, 2.45) is 0 Å². The van der Waals surface area contributed by atoms with E-state index in [4.69, 9.17) is 4.74 Å². The van der Waals surface area contributed by atoms with Crippen LogP contribution in [0.5, 0.6) is 5.75 Å². The summed E-state index contributed by atoms with van der Waals surface area (Å²) in [5, 5.41) is 22.7. The minimum Gasteiger partial charge on any atom is -0.507 e. The lowest BCUT2D eigenvalue weighted by atomic mass is 9.97. The third-order valence-electron chi connectivity index (χ3n) is 5.05. The monoisotopic (exact) mass is 340 g/mol. The molecule has 2 aromatic rings. The molecule has 1 aromatic carbocycles. The van der Waals surface area contributed by atoms with Crippen molar-refractivity contribution in [2.45, 2.75) is 31.9 Å². The average Bonchev–Trinajstić information content (AvgIpc) is 2.63. The highest BCUT2D eigenvalue weighted by Crippen LogP contribution is 2.35. The molecule has 1 unspecified atom stereocenters. The number of fused-ring (bicyclic) bond motifs is 1. The molecule has 4 rings (SSSR count). The van der Waals surface area contributed by atoms with E-state index in [1.54, 1.807) is 6.07 Å². The van der Waals surface area contributed by atoms with Crippen molar-refractivity contribution >= 4 is 5.82 Å². The molecule has 1 atom stereocenters. The van der Waals surface area contributed by atoms with Crippen molar-refractivity contribution in [3.63, 3.8) is 0 Å². The lowest BCUT2D eigenvalue weighted by Crippen LogP contribution is -2.40. The van der Waals surface area contributed by atoms with Gasteiger partial charge in [0.25, 0.3) is 0 Å². The number of hydrogen-bond donors (Lipinski definition) is 2. The second kappa shape index (κ2) is 6.98. The fraction of sp³-hybridized carbons (Fsp3) is 0.474. The Balaban J connectivity index is 1.69. The number of aromatic nitrogens is 2. The Kier molecular flexibility index (Phi) is 4.55.